The number of nitrogens with one attached hydrogen (secondary N) is 1. The maximum atomic E-state index is 12.8. The van der Waals surface area contributed by atoms with Crippen LogP contribution in [0.15, 0.2) is 46.9 Å². The molecule has 0 aliphatic heterocycles. The molecular weight excluding hydrogens is 322 g/mol. The maximum Gasteiger partial charge on any atom is 0.287 e. The van der Waals surface area contributed by atoms with Crippen LogP contribution >= 0.6 is 11.6 Å². The van der Waals surface area contributed by atoms with Gasteiger partial charge in [-0.05, 0) is 43.4 Å². The molecule has 1 aliphatic rings. The highest BCUT2D eigenvalue weighted by Gasteiger charge is 2.25. The van der Waals surface area contributed by atoms with Crippen LogP contribution in [0.2, 0.25) is 5.02 Å². The van der Waals surface area contributed by atoms with Gasteiger partial charge in [0.05, 0.1) is 11.1 Å². The number of benzene rings is 2. The van der Waals surface area contributed by atoms with Gasteiger partial charge in [-0.1, -0.05) is 48.0 Å². The third kappa shape index (κ3) is 2.49. The zero-order valence-corrected chi connectivity index (χ0v) is 14.2. The standard InChI is InChI=1S/C20H18ClNO2/c1-12-14-9-5-10-16(21)19(14)24-18(12)20(23)22-17-11-4-7-13-6-2-3-8-15(13)17/h2-3,5-6,8-10,17H,4,7,11H2,1H3,(H,22,23)/t17-/m0/s1. The first-order valence-electron chi connectivity index (χ1n) is 8.21. The Kier molecular flexibility index (Phi) is 3.81. The number of carbonyl (C=O) groups is 1. The Bertz CT molecular complexity index is 929. The number of aryl methyl sites for hydroxylation is 2. The summed E-state index contributed by atoms with van der Waals surface area (Å²) in [5.74, 6) is 0.169. The van der Waals surface area contributed by atoms with Gasteiger partial charge in [0, 0.05) is 10.9 Å². The zero-order valence-electron chi connectivity index (χ0n) is 13.4. The van der Waals surface area contributed by atoms with E-state index in [-0.39, 0.29) is 11.9 Å². The second-order valence-corrected chi connectivity index (χ2v) is 6.70. The molecule has 1 aromatic heterocycles. The van der Waals surface area contributed by atoms with E-state index in [2.05, 4.69) is 23.5 Å². The first-order chi connectivity index (χ1) is 11.6. The van der Waals surface area contributed by atoms with Gasteiger partial charge >= 0.3 is 0 Å². The average Bonchev–Trinajstić information content (AvgIpc) is 2.94. The van der Waals surface area contributed by atoms with Crippen LogP contribution in [0.5, 0.6) is 0 Å². The molecule has 4 rings (SSSR count). The predicted octanol–water partition coefficient (Wildman–Crippen LogP) is 5.20. The van der Waals surface area contributed by atoms with Gasteiger partial charge in [0.1, 0.15) is 0 Å². The predicted molar refractivity (Wildman–Crippen MR) is 95.5 cm³/mol. The van der Waals surface area contributed by atoms with Crippen LogP contribution in [0.25, 0.3) is 11.0 Å². The van der Waals surface area contributed by atoms with Crippen molar-refractivity contribution < 1.29 is 9.21 Å². The smallest absolute Gasteiger partial charge is 0.287 e. The van der Waals surface area contributed by atoms with E-state index in [0.29, 0.717) is 16.4 Å². The van der Waals surface area contributed by atoms with Crippen LogP contribution in [0, 0.1) is 6.92 Å². The quantitative estimate of drug-likeness (QED) is 0.697. The Morgan fingerprint density at radius 3 is 2.88 bits per heavy atom. The molecule has 3 aromatic rings. The molecule has 0 radical (unpaired) electrons. The molecule has 4 heteroatoms. The topological polar surface area (TPSA) is 42.2 Å². The highest BCUT2D eigenvalue weighted by atomic mass is 35.5. The van der Waals surface area contributed by atoms with Crippen molar-refractivity contribution >= 4 is 28.5 Å². The van der Waals surface area contributed by atoms with E-state index < -0.39 is 0 Å². The van der Waals surface area contributed by atoms with Crippen molar-refractivity contribution in [2.24, 2.45) is 0 Å². The van der Waals surface area contributed by atoms with E-state index in [1.807, 2.05) is 25.1 Å². The van der Waals surface area contributed by atoms with Gasteiger partial charge in [-0.2, -0.15) is 0 Å². The summed E-state index contributed by atoms with van der Waals surface area (Å²) in [5, 5.41) is 4.55. The van der Waals surface area contributed by atoms with Gasteiger partial charge < -0.3 is 9.73 Å². The lowest BCUT2D eigenvalue weighted by Gasteiger charge is -2.26. The molecule has 122 valence electrons. The molecular formula is C20H18ClNO2. The number of halogens is 1. The Balaban J connectivity index is 1.66. The number of hydrogen-bond acceptors (Lipinski definition) is 2. The summed E-state index contributed by atoms with van der Waals surface area (Å²) in [4.78, 5) is 12.8. The summed E-state index contributed by atoms with van der Waals surface area (Å²) in [7, 11) is 0. The van der Waals surface area contributed by atoms with Crippen LogP contribution in [-0.2, 0) is 6.42 Å². The lowest BCUT2D eigenvalue weighted by atomic mass is 9.87. The van der Waals surface area contributed by atoms with Crippen molar-refractivity contribution in [2.45, 2.75) is 32.2 Å². The average molecular weight is 340 g/mol. The minimum absolute atomic E-state index is 0.0329. The molecule has 0 saturated heterocycles. The molecule has 1 heterocycles. The van der Waals surface area contributed by atoms with E-state index in [1.54, 1.807) is 6.07 Å². The van der Waals surface area contributed by atoms with Gasteiger partial charge in [0.25, 0.3) is 5.91 Å². The van der Waals surface area contributed by atoms with E-state index in [0.717, 1.165) is 30.2 Å². The van der Waals surface area contributed by atoms with Crippen LogP contribution in [-0.4, -0.2) is 5.91 Å². The Labute approximate surface area is 145 Å². The molecule has 1 N–H and O–H groups in total. The number of amides is 1. The molecule has 0 saturated carbocycles. The molecule has 2 aromatic carbocycles. The van der Waals surface area contributed by atoms with E-state index in [4.69, 9.17) is 16.0 Å². The van der Waals surface area contributed by atoms with Crippen LogP contribution in [0.4, 0.5) is 0 Å². The monoisotopic (exact) mass is 339 g/mol. The number of carbonyl (C=O) groups excluding carboxylic acids is 1. The first kappa shape index (κ1) is 15.3. The molecule has 0 bridgehead atoms. The van der Waals surface area contributed by atoms with Crippen LogP contribution in [0.1, 0.15) is 46.1 Å². The van der Waals surface area contributed by atoms with Crippen LogP contribution < -0.4 is 5.32 Å². The minimum atomic E-state index is -0.179. The van der Waals surface area contributed by atoms with Gasteiger partial charge in [0.2, 0.25) is 0 Å². The molecule has 1 atom stereocenters. The maximum absolute atomic E-state index is 12.8. The summed E-state index contributed by atoms with van der Waals surface area (Å²) in [5.41, 5.74) is 3.93. The van der Waals surface area contributed by atoms with Gasteiger partial charge in [-0.3, -0.25) is 4.79 Å². The van der Waals surface area contributed by atoms with Crippen molar-refractivity contribution in [3.63, 3.8) is 0 Å². The molecule has 0 spiro atoms. The number of furan rings is 1. The Hall–Kier alpha value is -2.26. The summed E-state index contributed by atoms with van der Waals surface area (Å²) in [6.45, 7) is 1.89. The first-order valence-corrected chi connectivity index (χ1v) is 8.59. The van der Waals surface area contributed by atoms with Crippen molar-refractivity contribution in [1.29, 1.82) is 0 Å². The molecule has 0 fully saturated rings. The fourth-order valence-corrected chi connectivity index (χ4v) is 3.77. The van der Waals surface area contributed by atoms with Crippen molar-refractivity contribution in [2.75, 3.05) is 0 Å². The number of rotatable bonds is 2. The normalized spacial score (nSPS) is 16.8. The lowest BCUT2D eigenvalue weighted by molar-refractivity contribution is 0.0906. The second kappa shape index (κ2) is 5.99. The van der Waals surface area contributed by atoms with Crippen molar-refractivity contribution in [1.82, 2.24) is 5.32 Å². The third-order valence-corrected chi connectivity index (χ3v) is 5.09. The van der Waals surface area contributed by atoms with Crippen molar-refractivity contribution in [3.8, 4) is 0 Å². The number of hydrogen-bond donors (Lipinski definition) is 1. The molecule has 3 nitrogen and oxygen atoms in total. The largest absolute Gasteiger partial charge is 0.449 e. The molecule has 1 aliphatic carbocycles. The third-order valence-electron chi connectivity index (χ3n) is 4.80. The summed E-state index contributed by atoms with van der Waals surface area (Å²) < 4.78 is 5.78. The highest BCUT2D eigenvalue weighted by Crippen LogP contribution is 2.33. The van der Waals surface area contributed by atoms with E-state index in [1.165, 1.54) is 11.1 Å². The second-order valence-electron chi connectivity index (χ2n) is 6.29. The van der Waals surface area contributed by atoms with Gasteiger partial charge in [0.15, 0.2) is 11.3 Å². The Morgan fingerprint density at radius 1 is 1.21 bits per heavy atom. The van der Waals surface area contributed by atoms with Crippen LogP contribution in [0.3, 0.4) is 0 Å². The Morgan fingerprint density at radius 2 is 2.04 bits per heavy atom. The fraction of sp³-hybridized carbons (Fsp3) is 0.250. The summed E-state index contributed by atoms with van der Waals surface area (Å²) in [6, 6.07) is 13.9. The minimum Gasteiger partial charge on any atom is -0.449 e. The van der Waals surface area contributed by atoms with E-state index >= 15 is 0 Å². The number of para-hydroxylation sites is 1. The fourth-order valence-electron chi connectivity index (χ4n) is 3.55. The molecule has 0 unspecified atom stereocenters. The van der Waals surface area contributed by atoms with Gasteiger partial charge in [-0.15, -0.1) is 0 Å². The van der Waals surface area contributed by atoms with Crippen molar-refractivity contribution in [3.05, 3.63) is 69.9 Å². The molecule has 1 amide bonds. The summed E-state index contributed by atoms with van der Waals surface area (Å²) >= 11 is 6.18. The SMILES string of the molecule is Cc1c(C(=O)N[C@H]2CCCc3ccccc32)oc2c(Cl)cccc12. The zero-order chi connectivity index (χ0) is 16.7. The van der Waals surface area contributed by atoms with E-state index in [9.17, 15) is 4.79 Å². The highest BCUT2D eigenvalue weighted by molar-refractivity contribution is 6.35. The van der Waals surface area contributed by atoms with Gasteiger partial charge in [-0.25, -0.2) is 0 Å². The summed E-state index contributed by atoms with van der Waals surface area (Å²) in [6.07, 6.45) is 3.09. The number of fused-ring (bicyclic) bond motifs is 2. The molecule has 24 heavy (non-hydrogen) atoms. The lowest BCUT2D eigenvalue weighted by Crippen LogP contribution is -2.31.